The van der Waals surface area contributed by atoms with Crippen LogP contribution < -0.4 is 4.90 Å². The number of likely N-dealkylation sites (N-methyl/N-ethyl adjacent to an activating group) is 1. The van der Waals surface area contributed by atoms with Crippen LogP contribution in [0.3, 0.4) is 0 Å². The van der Waals surface area contributed by atoms with Gasteiger partial charge in [-0.2, -0.15) is 0 Å². The van der Waals surface area contributed by atoms with Crippen LogP contribution in [0.2, 0.25) is 5.28 Å². The summed E-state index contributed by atoms with van der Waals surface area (Å²) in [5.41, 5.74) is 0. The number of hydrogen-bond acceptors (Lipinski definition) is 4. The summed E-state index contributed by atoms with van der Waals surface area (Å²) in [7, 11) is 4.22. The van der Waals surface area contributed by atoms with Gasteiger partial charge in [-0.05, 0) is 38.2 Å². The Kier molecular flexibility index (Phi) is 3.07. The van der Waals surface area contributed by atoms with Gasteiger partial charge in [-0.15, -0.1) is 0 Å². The van der Waals surface area contributed by atoms with E-state index in [2.05, 4.69) is 33.9 Å². The summed E-state index contributed by atoms with van der Waals surface area (Å²) in [5.74, 6) is 0.930. The molecule has 15 heavy (non-hydrogen) atoms. The smallest absolute Gasteiger partial charge is 0.224 e. The molecule has 82 valence electrons. The van der Waals surface area contributed by atoms with Crippen molar-refractivity contribution in [3.05, 3.63) is 17.5 Å². The first-order valence-corrected chi connectivity index (χ1v) is 5.44. The van der Waals surface area contributed by atoms with Crippen molar-refractivity contribution in [1.82, 2.24) is 14.9 Å². The number of anilines is 1. The van der Waals surface area contributed by atoms with Crippen molar-refractivity contribution in [3.8, 4) is 0 Å². The summed E-state index contributed by atoms with van der Waals surface area (Å²) < 4.78 is 0. The summed E-state index contributed by atoms with van der Waals surface area (Å²) in [6, 6.07) is 2.52. The van der Waals surface area contributed by atoms with Crippen molar-refractivity contribution in [2.75, 3.05) is 32.1 Å². The summed E-state index contributed by atoms with van der Waals surface area (Å²) in [6.07, 6.45) is 2.88. The number of rotatable bonds is 2. The predicted octanol–water partition coefficient (Wildman–Crippen LogP) is 1.27. The molecule has 1 saturated heterocycles. The Labute approximate surface area is 94.9 Å². The molecule has 1 unspecified atom stereocenters. The highest BCUT2D eigenvalue weighted by Gasteiger charge is 2.24. The molecule has 5 heteroatoms. The van der Waals surface area contributed by atoms with Crippen molar-refractivity contribution in [2.24, 2.45) is 0 Å². The number of aromatic nitrogens is 2. The van der Waals surface area contributed by atoms with Crippen molar-refractivity contribution in [1.29, 1.82) is 0 Å². The fraction of sp³-hybridized carbons (Fsp3) is 0.600. The molecule has 0 saturated carbocycles. The normalized spacial score (nSPS) is 21.3. The second-order valence-electron chi connectivity index (χ2n) is 4.04. The second-order valence-corrected chi connectivity index (χ2v) is 4.37. The second kappa shape index (κ2) is 4.33. The number of hydrogen-bond donors (Lipinski definition) is 0. The van der Waals surface area contributed by atoms with E-state index in [1.807, 2.05) is 6.07 Å². The van der Waals surface area contributed by atoms with E-state index in [4.69, 9.17) is 11.6 Å². The van der Waals surface area contributed by atoms with Crippen LogP contribution in [0.5, 0.6) is 0 Å². The summed E-state index contributed by atoms with van der Waals surface area (Å²) in [6.45, 7) is 2.05. The van der Waals surface area contributed by atoms with Gasteiger partial charge in [0.1, 0.15) is 5.82 Å². The van der Waals surface area contributed by atoms with Crippen molar-refractivity contribution >= 4 is 17.4 Å². The number of nitrogens with zero attached hydrogens (tertiary/aromatic N) is 4. The zero-order valence-electron chi connectivity index (χ0n) is 9.02. The topological polar surface area (TPSA) is 32.3 Å². The lowest BCUT2D eigenvalue weighted by Crippen LogP contribution is -2.31. The van der Waals surface area contributed by atoms with Gasteiger partial charge in [0, 0.05) is 25.3 Å². The Morgan fingerprint density at radius 2 is 2.33 bits per heavy atom. The van der Waals surface area contributed by atoms with Gasteiger partial charge in [0.25, 0.3) is 0 Å². The predicted molar refractivity (Wildman–Crippen MR) is 61.3 cm³/mol. The van der Waals surface area contributed by atoms with E-state index in [-0.39, 0.29) is 0 Å². The van der Waals surface area contributed by atoms with Crippen molar-refractivity contribution < 1.29 is 0 Å². The van der Waals surface area contributed by atoms with Gasteiger partial charge in [0.05, 0.1) is 0 Å². The molecule has 1 aliphatic rings. The first kappa shape index (κ1) is 10.6. The minimum Gasteiger partial charge on any atom is -0.355 e. The number of halogens is 1. The van der Waals surface area contributed by atoms with Crippen LogP contribution in [0.4, 0.5) is 5.82 Å². The molecule has 1 aromatic rings. The van der Waals surface area contributed by atoms with E-state index < -0.39 is 0 Å². The third-order valence-corrected chi connectivity index (χ3v) is 3.01. The van der Waals surface area contributed by atoms with Crippen LogP contribution in [0.25, 0.3) is 0 Å². The fourth-order valence-corrected chi connectivity index (χ4v) is 2.02. The first-order valence-electron chi connectivity index (χ1n) is 5.07. The molecule has 0 spiro atoms. The maximum absolute atomic E-state index is 5.76. The Bertz CT molecular complexity index is 342. The monoisotopic (exact) mass is 226 g/mol. The average Bonchev–Trinajstić information content (AvgIpc) is 2.66. The van der Waals surface area contributed by atoms with E-state index >= 15 is 0 Å². The molecule has 0 aliphatic carbocycles. The molecule has 0 radical (unpaired) electrons. The molecule has 0 aromatic carbocycles. The average molecular weight is 227 g/mol. The SMILES string of the molecule is CN(C)C1CCN(c2ccnc(Cl)n2)C1. The minimum absolute atomic E-state index is 0.320. The van der Waals surface area contributed by atoms with Crippen LogP contribution in [-0.4, -0.2) is 48.1 Å². The summed E-state index contributed by atoms with van der Waals surface area (Å²) >= 11 is 5.76. The molecule has 1 fully saturated rings. The highest BCUT2D eigenvalue weighted by molar-refractivity contribution is 6.28. The van der Waals surface area contributed by atoms with Crippen LogP contribution in [-0.2, 0) is 0 Å². The Balaban J connectivity index is 2.08. The highest BCUT2D eigenvalue weighted by Crippen LogP contribution is 2.20. The van der Waals surface area contributed by atoms with E-state index in [0.29, 0.717) is 11.3 Å². The lowest BCUT2D eigenvalue weighted by Gasteiger charge is -2.20. The molecule has 1 atom stereocenters. The van der Waals surface area contributed by atoms with Gasteiger partial charge in [-0.25, -0.2) is 9.97 Å². The van der Waals surface area contributed by atoms with Crippen LogP contribution in [0.15, 0.2) is 12.3 Å². The van der Waals surface area contributed by atoms with Crippen molar-refractivity contribution in [2.45, 2.75) is 12.5 Å². The zero-order valence-corrected chi connectivity index (χ0v) is 9.78. The Hall–Kier alpha value is -0.870. The molecule has 0 bridgehead atoms. The summed E-state index contributed by atoms with van der Waals surface area (Å²) in [4.78, 5) is 12.6. The molecule has 4 nitrogen and oxygen atoms in total. The molecule has 0 N–H and O–H groups in total. The molecule has 2 rings (SSSR count). The van der Waals surface area contributed by atoms with Gasteiger partial charge < -0.3 is 9.80 Å². The highest BCUT2D eigenvalue weighted by atomic mass is 35.5. The third kappa shape index (κ3) is 2.38. The lowest BCUT2D eigenvalue weighted by molar-refractivity contribution is 0.315. The Morgan fingerprint density at radius 1 is 1.53 bits per heavy atom. The lowest BCUT2D eigenvalue weighted by atomic mass is 10.2. The van der Waals surface area contributed by atoms with E-state index in [0.717, 1.165) is 18.9 Å². The van der Waals surface area contributed by atoms with Crippen LogP contribution in [0.1, 0.15) is 6.42 Å². The van der Waals surface area contributed by atoms with Crippen molar-refractivity contribution in [3.63, 3.8) is 0 Å². The minimum atomic E-state index is 0.320. The maximum atomic E-state index is 5.76. The largest absolute Gasteiger partial charge is 0.355 e. The molecule has 0 amide bonds. The maximum Gasteiger partial charge on any atom is 0.224 e. The van der Waals surface area contributed by atoms with Crippen LogP contribution in [0, 0.1) is 0 Å². The van der Waals surface area contributed by atoms with Gasteiger partial charge in [-0.1, -0.05) is 0 Å². The first-order chi connectivity index (χ1) is 7.16. The third-order valence-electron chi connectivity index (χ3n) is 2.83. The molecular formula is C10H15ClN4. The fourth-order valence-electron chi connectivity index (χ4n) is 1.87. The van der Waals surface area contributed by atoms with Gasteiger partial charge in [0.15, 0.2) is 0 Å². The van der Waals surface area contributed by atoms with E-state index in [1.165, 1.54) is 6.42 Å². The zero-order chi connectivity index (χ0) is 10.8. The standard InChI is InChI=1S/C10H15ClN4/c1-14(2)8-4-6-15(7-8)9-3-5-12-10(11)13-9/h3,5,8H,4,6-7H2,1-2H3. The van der Waals surface area contributed by atoms with E-state index in [1.54, 1.807) is 6.20 Å². The molecule has 1 aromatic heterocycles. The quantitative estimate of drug-likeness (QED) is 0.711. The molecule has 1 aliphatic heterocycles. The van der Waals surface area contributed by atoms with Gasteiger partial charge in [0.2, 0.25) is 5.28 Å². The summed E-state index contributed by atoms with van der Waals surface area (Å²) in [5, 5.41) is 0.320. The van der Waals surface area contributed by atoms with Gasteiger partial charge >= 0.3 is 0 Å². The van der Waals surface area contributed by atoms with E-state index in [9.17, 15) is 0 Å². The molecular weight excluding hydrogens is 212 g/mol. The van der Waals surface area contributed by atoms with Gasteiger partial charge in [-0.3, -0.25) is 0 Å². The van der Waals surface area contributed by atoms with Crippen LogP contribution >= 0.6 is 11.6 Å². The Morgan fingerprint density at radius 3 is 2.93 bits per heavy atom. The molecule has 2 heterocycles.